The standard InChI is InChI=1S/C16H22FNO2/c1-12(13-3-2-4-14(17)9-13)18-15-5-7-20-16(10-15)6-8-19-11-16/h2-4,9,12,15,18H,5-8,10-11H2,1H3/t12-,15?,16?/m1/s1. The van der Waals surface area contributed by atoms with E-state index in [1.165, 1.54) is 6.07 Å². The zero-order chi connectivity index (χ0) is 14.0. The predicted octanol–water partition coefficient (Wildman–Crippen LogP) is 2.81. The van der Waals surface area contributed by atoms with Crippen molar-refractivity contribution in [3.63, 3.8) is 0 Å². The van der Waals surface area contributed by atoms with Crippen molar-refractivity contribution in [1.29, 1.82) is 0 Å². The number of benzene rings is 1. The van der Waals surface area contributed by atoms with Gasteiger partial charge in [0.1, 0.15) is 5.82 Å². The zero-order valence-electron chi connectivity index (χ0n) is 11.9. The highest BCUT2D eigenvalue weighted by atomic mass is 19.1. The fourth-order valence-electron chi connectivity index (χ4n) is 3.26. The molecule has 110 valence electrons. The number of halogens is 1. The van der Waals surface area contributed by atoms with E-state index in [9.17, 15) is 4.39 Å². The molecule has 0 aromatic heterocycles. The second kappa shape index (κ2) is 5.80. The van der Waals surface area contributed by atoms with Crippen molar-refractivity contribution >= 4 is 0 Å². The fourth-order valence-corrected chi connectivity index (χ4v) is 3.26. The molecule has 3 atom stereocenters. The molecular formula is C16H22FNO2. The first kappa shape index (κ1) is 14.0. The third-order valence-corrected chi connectivity index (χ3v) is 4.39. The lowest BCUT2D eigenvalue weighted by atomic mass is 9.89. The summed E-state index contributed by atoms with van der Waals surface area (Å²) in [6.07, 6.45) is 2.97. The highest BCUT2D eigenvalue weighted by Crippen LogP contribution is 2.33. The Kier molecular flexibility index (Phi) is 4.06. The molecule has 2 fully saturated rings. The molecule has 0 radical (unpaired) electrons. The van der Waals surface area contributed by atoms with E-state index in [2.05, 4.69) is 12.2 Å². The summed E-state index contributed by atoms with van der Waals surface area (Å²) in [4.78, 5) is 0. The molecule has 2 heterocycles. The molecule has 1 aromatic carbocycles. The van der Waals surface area contributed by atoms with Gasteiger partial charge in [0.25, 0.3) is 0 Å². The van der Waals surface area contributed by atoms with Gasteiger partial charge in [-0.1, -0.05) is 12.1 Å². The summed E-state index contributed by atoms with van der Waals surface area (Å²) in [7, 11) is 0. The van der Waals surface area contributed by atoms with E-state index in [-0.39, 0.29) is 17.5 Å². The first-order valence-corrected chi connectivity index (χ1v) is 7.40. The Bertz CT molecular complexity index is 460. The Balaban J connectivity index is 1.62. The summed E-state index contributed by atoms with van der Waals surface area (Å²) in [5, 5.41) is 3.61. The largest absolute Gasteiger partial charge is 0.378 e. The van der Waals surface area contributed by atoms with Gasteiger partial charge in [0, 0.05) is 31.7 Å². The second-order valence-electron chi connectivity index (χ2n) is 5.97. The molecule has 0 saturated carbocycles. The van der Waals surface area contributed by atoms with E-state index in [4.69, 9.17) is 9.47 Å². The summed E-state index contributed by atoms with van der Waals surface area (Å²) in [6, 6.07) is 7.37. The maximum absolute atomic E-state index is 13.3. The Morgan fingerprint density at radius 2 is 2.30 bits per heavy atom. The lowest BCUT2D eigenvalue weighted by Crippen LogP contribution is -2.48. The molecule has 3 nitrogen and oxygen atoms in total. The van der Waals surface area contributed by atoms with Crippen LogP contribution in [0.5, 0.6) is 0 Å². The van der Waals surface area contributed by atoms with Crippen LogP contribution < -0.4 is 5.32 Å². The van der Waals surface area contributed by atoms with Gasteiger partial charge >= 0.3 is 0 Å². The molecule has 1 spiro atoms. The smallest absolute Gasteiger partial charge is 0.123 e. The van der Waals surface area contributed by atoms with Crippen LogP contribution >= 0.6 is 0 Å². The highest BCUT2D eigenvalue weighted by Gasteiger charge is 2.41. The van der Waals surface area contributed by atoms with E-state index in [0.29, 0.717) is 12.6 Å². The van der Waals surface area contributed by atoms with Crippen LogP contribution in [0.1, 0.15) is 37.8 Å². The van der Waals surface area contributed by atoms with Crippen molar-refractivity contribution in [2.45, 2.75) is 43.9 Å². The lowest BCUT2D eigenvalue weighted by Gasteiger charge is -2.38. The lowest BCUT2D eigenvalue weighted by molar-refractivity contribution is -0.0902. The molecule has 0 bridgehead atoms. The minimum Gasteiger partial charge on any atom is -0.378 e. The normalized spacial score (nSPS) is 31.6. The number of nitrogens with one attached hydrogen (secondary N) is 1. The molecule has 0 aliphatic carbocycles. The van der Waals surface area contributed by atoms with Gasteiger partial charge in [-0.3, -0.25) is 0 Å². The molecule has 3 rings (SSSR count). The van der Waals surface area contributed by atoms with Crippen LogP contribution in [-0.2, 0) is 9.47 Å². The molecule has 1 N–H and O–H groups in total. The molecule has 2 aliphatic rings. The van der Waals surface area contributed by atoms with Crippen LogP contribution in [-0.4, -0.2) is 31.5 Å². The maximum Gasteiger partial charge on any atom is 0.123 e. The predicted molar refractivity (Wildman–Crippen MR) is 75.1 cm³/mol. The number of hydrogen-bond acceptors (Lipinski definition) is 3. The topological polar surface area (TPSA) is 30.5 Å². The molecule has 20 heavy (non-hydrogen) atoms. The molecule has 2 unspecified atom stereocenters. The third-order valence-electron chi connectivity index (χ3n) is 4.39. The van der Waals surface area contributed by atoms with Gasteiger partial charge in [0.15, 0.2) is 0 Å². The van der Waals surface area contributed by atoms with Crippen LogP contribution in [0.2, 0.25) is 0 Å². The molecule has 1 aromatic rings. The van der Waals surface area contributed by atoms with Crippen LogP contribution in [0.4, 0.5) is 4.39 Å². The van der Waals surface area contributed by atoms with Crippen LogP contribution in [0.15, 0.2) is 24.3 Å². The average Bonchev–Trinajstić information content (AvgIpc) is 2.87. The number of ether oxygens (including phenoxy) is 2. The number of hydrogen-bond donors (Lipinski definition) is 1. The summed E-state index contributed by atoms with van der Waals surface area (Å²) < 4.78 is 24.7. The average molecular weight is 279 g/mol. The highest BCUT2D eigenvalue weighted by molar-refractivity contribution is 5.19. The summed E-state index contributed by atoms with van der Waals surface area (Å²) in [5.74, 6) is -0.177. The van der Waals surface area contributed by atoms with Crippen molar-refractivity contribution in [3.8, 4) is 0 Å². The van der Waals surface area contributed by atoms with E-state index in [1.54, 1.807) is 12.1 Å². The second-order valence-corrected chi connectivity index (χ2v) is 5.97. The zero-order valence-corrected chi connectivity index (χ0v) is 11.9. The molecule has 2 aliphatic heterocycles. The molecule has 0 amide bonds. The minimum atomic E-state index is -0.177. The summed E-state index contributed by atoms with van der Waals surface area (Å²) >= 11 is 0. The number of rotatable bonds is 3. The van der Waals surface area contributed by atoms with Crippen LogP contribution in [0, 0.1) is 5.82 Å². The van der Waals surface area contributed by atoms with E-state index < -0.39 is 0 Å². The van der Waals surface area contributed by atoms with E-state index in [1.807, 2.05) is 6.07 Å². The first-order chi connectivity index (χ1) is 9.67. The van der Waals surface area contributed by atoms with Gasteiger partial charge in [-0.2, -0.15) is 0 Å². The third kappa shape index (κ3) is 3.03. The van der Waals surface area contributed by atoms with Gasteiger partial charge in [-0.25, -0.2) is 4.39 Å². The van der Waals surface area contributed by atoms with E-state index >= 15 is 0 Å². The van der Waals surface area contributed by atoms with Gasteiger partial charge in [-0.15, -0.1) is 0 Å². The summed E-state index contributed by atoms with van der Waals surface area (Å²) in [5.41, 5.74) is 0.908. The van der Waals surface area contributed by atoms with Gasteiger partial charge in [0.05, 0.1) is 12.2 Å². The minimum absolute atomic E-state index is 0.0857. The summed E-state index contributed by atoms with van der Waals surface area (Å²) in [6.45, 7) is 4.37. The van der Waals surface area contributed by atoms with Crippen molar-refractivity contribution in [2.75, 3.05) is 19.8 Å². The Labute approximate surface area is 119 Å². The Hall–Kier alpha value is -0.970. The fraction of sp³-hybridized carbons (Fsp3) is 0.625. The molecule has 4 heteroatoms. The maximum atomic E-state index is 13.3. The van der Waals surface area contributed by atoms with Crippen LogP contribution in [0.3, 0.4) is 0 Å². The van der Waals surface area contributed by atoms with Crippen molar-refractivity contribution in [2.24, 2.45) is 0 Å². The van der Waals surface area contributed by atoms with E-state index in [0.717, 1.165) is 38.0 Å². The van der Waals surface area contributed by atoms with Gasteiger partial charge in [-0.05, 0) is 37.5 Å². The van der Waals surface area contributed by atoms with Crippen molar-refractivity contribution < 1.29 is 13.9 Å². The first-order valence-electron chi connectivity index (χ1n) is 7.40. The van der Waals surface area contributed by atoms with Gasteiger partial charge in [0.2, 0.25) is 0 Å². The quantitative estimate of drug-likeness (QED) is 0.923. The van der Waals surface area contributed by atoms with Crippen LogP contribution in [0.25, 0.3) is 0 Å². The van der Waals surface area contributed by atoms with Crippen molar-refractivity contribution in [3.05, 3.63) is 35.6 Å². The Morgan fingerprint density at radius 1 is 1.40 bits per heavy atom. The SMILES string of the molecule is C[C@@H](NC1CCOC2(CCOC2)C1)c1cccc(F)c1. The molecular weight excluding hydrogens is 257 g/mol. The van der Waals surface area contributed by atoms with Crippen molar-refractivity contribution in [1.82, 2.24) is 5.32 Å². The Morgan fingerprint density at radius 3 is 3.05 bits per heavy atom. The monoisotopic (exact) mass is 279 g/mol. The van der Waals surface area contributed by atoms with Gasteiger partial charge < -0.3 is 14.8 Å². The molecule has 2 saturated heterocycles.